The highest BCUT2D eigenvalue weighted by Gasteiger charge is 2.24. The van der Waals surface area contributed by atoms with E-state index >= 15 is 0 Å². The highest BCUT2D eigenvalue weighted by Crippen LogP contribution is 2.37. The molecule has 1 fully saturated rings. The van der Waals surface area contributed by atoms with Crippen LogP contribution in [0.3, 0.4) is 0 Å². The molecule has 1 saturated heterocycles. The number of hydrogen-bond acceptors (Lipinski definition) is 7. The summed E-state index contributed by atoms with van der Waals surface area (Å²) in [6, 6.07) is 8.62. The topological polar surface area (TPSA) is 62.1 Å². The highest BCUT2D eigenvalue weighted by molar-refractivity contribution is 7.14. The summed E-state index contributed by atoms with van der Waals surface area (Å²) < 4.78 is 15.4. The Labute approximate surface area is 196 Å². The Kier molecular flexibility index (Phi) is 5.99. The van der Waals surface area contributed by atoms with Crippen molar-refractivity contribution in [3.05, 3.63) is 47.1 Å². The smallest absolute Gasteiger partial charge is 0.191 e. The van der Waals surface area contributed by atoms with Crippen LogP contribution in [0.25, 0.3) is 22.3 Å². The number of hydrogen-bond donors (Lipinski definition) is 1. The minimum atomic E-state index is -0.246. The van der Waals surface area contributed by atoms with Crippen LogP contribution in [-0.4, -0.2) is 52.5 Å². The summed E-state index contributed by atoms with van der Waals surface area (Å²) in [5.74, 6) is 1.72. The second-order valence-electron chi connectivity index (χ2n) is 8.14. The number of nitrogens with one attached hydrogen (secondary N) is 1. The molecule has 0 radical (unpaired) electrons. The molecular formula is C24H28FN7S. The number of rotatable bonds is 6. The summed E-state index contributed by atoms with van der Waals surface area (Å²) in [7, 11) is 0. The van der Waals surface area contributed by atoms with Gasteiger partial charge in [-0.25, -0.2) is 19.0 Å². The molecule has 0 amide bonds. The van der Waals surface area contributed by atoms with Crippen LogP contribution in [0.1, 0.15) is 19.4 Å². The highest BCUT2D eigenvalue weighted by atomic mass is 32.1. The van der Waals surface area contributed by atoms with E-state index in [-0.39, 0.29) is 5.82 Å². The summed E-state index contributed by atoms with van der Waals surface area (Å²) in [5, 5.41) is 11.2. The third kappa shape index (κ3) is 4.06. The van der Waals surface area contributed by atoms with Crippen molar-refractivity contribution in [1.82, 2.24) is 25.1 Å². The van der Waals surface area contributed by atoms with Crippen LogP contribution in [0, 0.1) is 12.7 Å². The van der Waals surface area contributed by atoms with Crippen LogP contribution in [0.5, 0.6) is 0 Å². The van der Waals surface area contributed by atoms with Crippen molar-refractivity contribution < 1.29 is 4.39 Å². The van der Waals surface area contributed by atoms with E-state index in [1.807, 2.05) is 10.1 Å². The Morgan fingerprint density at radius 3 is 2.55 bits per heavy atom. The van der Waals surface area contributed by atoms with Gasteiger partial charge < -0.3 is 15.1 Å². The molecule has 7 nitrogen and oxygen atoms in total. The SMILES string of the molecule is CCN(c1nc(-c2ccc(F)cc2)cs1)c1c2nc(N3CCNCC3)cc(C)c2nn1CC. The van der Waals surface area contributed by atoms with Gasteiger partial charge >= 0.3 is 0 Å². The maximum atomic E-state index is 13.4. The van der Waals surface area contributed by atoms with Crippen LogP contribution >= 0.6 is 11.3 Å². The van der Waals surface area contributed by atoms with E-state index in [1.54, 1.807) is 23.5 Å². The molecule has 3 aromatic heterocycles. The van der Waals surface area contributed by atoms with Crippen LogP contribution in [0.4, 0.5) is 21.2 Å². The molecule has 0 aliphatic carbocycles. The Hall–Kier alpha value is -3.04. The molecule has 1 N–H and O–H groups in total. The Morgan fingerprint density at radius 2 is 1.85 bits per heavy atom. The monoisotopic (exact) mass is 465 g/mol. The fourth-order valence-corrected chi connectivity index (χ4v) is 5.18. The van der Waals surface area contributed by atoms with E-state index in [0.717, 1.165) is 83.9 Å². The molecule has 4 heterocycles. The summed E-state index contributed by atoms with van der Waals surface area (Å²) in [4.78, 5) is 14.5. The molecule has 1 aliphatic heterocycles. The molecule has 1 aliphatic rings. The Balaban J connectivity index is 1.59. The lowest BCUT2D eigenvalue weighted by Crippen LogP contribution is -2.43. The van der Waals surface area contributed by atoms with Crippen LogP contribution < -0.4 is 15.1 Å². The van der Waals surface area contributed by atoms with E-state index in [9.17, 15) is 4.39 Å². The molecule has 0 unspecified atom stereocenters. The van der Waals surface area contributed by atoms with Gasteiger partial charge in [0, 0.05) is 50.2 Å². The summed E-state index contributed by atoms with van der Waals surface area (Å²) in [5.41, 5.74) is 4.71. The number of halogens is 1. The number of piperazine rings is 1. The van der Waals surface area contributed by atoms with Crippen molar-refractivity contribution in [2.45, 2.75) is 27.3 Å². The molecule has 0 spiro atoms. The van der Waals surface area contributed by atoms with Gasteiger partial charge in [0.2, 0.25) is 0 Å². The molecule has 33 heavy (non-hydrogen) atoms. The first-order valence-electron chi connectivity index (χ1n) is 11.4. The van der Waals surface area contributed by atoms with Gasteiger partial charge in [-0.1, -0.05) is 0 Å². The van der Waals surface area contributed by atoms with Gasteiger partial charge in [0.15, 0.2) is 10.9 Å². The maximum absolute atomic E-state index is 13.4. The zero-order valence-electron chi connectivity index (χ0n) is 19.2. The molecule has 1 aromatic carbocycles. The fourth-order valence-electron chi connectivity index (χ4n) is 4.28. The average molecular weight is 466 g/mol. The van der Waals surface area contributed by atoms with Gasteiger partial charge in [-0.15, -0.1) is 11.3 Å². The summed E-state index contributed by atoms with van der Waals surface area (Å²) >= 11 is 1.58. The molecule has 172 valence electrons. The van der Waals surface area contributed by atoms with Crippen molar-refractivity contribution in [2.75, 3.05) is 42.5 Å². The van der Waals surface area contributed by atoms with Gasteiger partial charge in [-0.2, -0.15) is 5.10 Å². The van der Waals surface area contributed by atoms with Crippen molar-refractivity contribution in [2.24, 2.45) is 0 Å². The molecular weight excluding hydrogens is 437 g/mol. The molecule has 4 aromatic rings. The second-order valence-corrected chi connectivity index (χ2v) is 8.97. The number of thiazole rings is 1. The normalized spacial score (nSPS) is 14.2. The van der Waals surface area contributed by atoms with Gasteiger partial charge in [0.1, 0.15) is 22.7 Å². The molecule has 0 bridgehead atoms. The summed E-state index contributed by atoms with van der Waals surface area (Å²) in [6.45, 7) is 11.6. The largest absolute Gasteiger partial charge is 0.354 e. The predicted octanol–water partition coefficient (Wildman–Crippen LogP) is 4.59. The number of aromatic nitrogens is 4. The lowest BCUT2D eigenvalue weighted by atomic mass is 10.2. The van der Waals surface area contributed by atoms with E-state index in [4.69, 9.17) is 15.1 Å². The summed E-state index contributed by atoms with van der Waals surface area (Å²) in [6.07, 6.45) is 0. The van der Waals surface area contributed by atoms with Gasteiger partial charge in [-0.3, -0.25) is 0 Å². The Morgan fingerprint density at radius 1 is 1.09 bits per heavy atom. The Bertz CT molecular complexity index is 1260. The predicted molar refractivity (Wildman–Crippen MR) is 133 cm³/mol. The van der Waals surface area contributed by atoms with Crippen molar-refractivity contribution >= 4 is 39.1 Å². The molecule has 9 heteroatoms. The lowest BCUT2D eigenvalue weighted by molar-refractivity contribution is 0.585. The first kappa shape index (κ1) is 21.8. The molecule has 5 rings (SSSR count). The van der Waals surface area contributed by atoms with Crippen LogP contribution in [0.2, 0.25) is 0 Å². The standard InChI is InChI=1S/C24H28FN7S/c1-4-31(24-27-19(15-33-24)17-6-8-18(25)9-7-17)23-22-21(29-32(23)5-2)16(3)14-20(28-22)30-12-10-26-11-13-30/h6-9,14-15,26H,4-5,10-13H2,1-3H3. The minimum absolute atomic E-state index is 0.246. The van der Waals surface area contributed by atoms with Gasteiger partial charge in [0.25, 0.3) is 0 Å². The zero-order valence-corrected chi connectivity index (χ0v) is 20.0. The fraction of sp³-hybridized carbons (Fsp3) is 0.375. The number of pyridine rings is 1. The van der Waals surface area contributed by atoms with Gasteiger partial charge in [-0.05, 0) is 56.7 Å². The van der Waals surface area contributed by atoms with E-state index in [1.165, 1.54) is 12.1 Å². The number of benzene rings is 1. The quantitative estimate of drug-likeness (QED) is 0.449. The van der Waals surface area contributed by atoms with Crippen molar-refractivity contribution in [3.8, 4) is 11.3 Å². The van der Waals surface area contributed by atoms with Crippen LogP contribution in [-0.2, 0) is 6.54 Å². The number of fused-ring (bicyclic) bond motifs is 1. The molecule has 0 atom stereocenters. The lowest BCUT2D eigenvalue weighted by Gasteiger charge is -2.29. The van der Waals surface area contributed by atoms with E-state index < -0.39 is 0 Å². The maximum Gasteiger partial charge on any atom is 0.191 e. The third-order valence-electron chi connectivity index (χ3n) is 6.02. The number of anilines is 3. The average Bonchev–Trinajstić information content (AvgIpc) is 3.47. The number of aryl methyl sites for hydroxylation is 2. The number of nitrogens with zero attached hydrogens (tertiary/aromatic N) is 6. The minimum Gasteiger partial charge on any atom is -0.354 e. The zero-order chi connectivity index (χ0) is 22.9. The van der Waals surface area contributed by atoms with Crippen molar-refractivity contribution in [3.63, 3.8) is 0 Å². The van der Waals surface area contributed by atoms with Gasteiger partial charge in [0.05, 0.1) is 5.69 Å². The first-order valence-corrected chi connectivity index (χ1v) is 12.3. The third-order valence-corrected chi connectivity index (χ3v) is 6.89. The van der Waals surface area contributed by atoms with E-state index in [0.29, 0.717) is 0 Å². The van der Waals surface area contributed by atoms with Crippen LogP contribution in [0.15, 0.2) is 35.7 Å². The van der Waals surface area contributed by atoms with Crippen molar-refractivity contribution in [1.29, 1.82) is 0 Å². The van der Waals surface area contributed by atoms with E-state index in [2.05, 4.69) is 42.0 Å². The first-order chi connectivity index (χ1) is 16.1. The molecule has 0 saturated carbocycles. The second kappa shape index (κ2) is 9.07.